The lowest BCUT2D eigenvalue weighted by molar-refractivity contribution is -0.126. The van der Waals surface area contributed by atoms with Crippen LogP contribution < -0.4 is 16.3 Å². The topological polar surface area (TPSA) is 166 Å². The molecule has 0 unspecified atom stereocenters. The van der Waals surface area contributed by atoms with Gasteiger partial charge >= 0.3 is 5.69 Å². The fraction of sp³-hybridized carbons (Fsp3) is 0.243. The van der Waals surface area contributed by atoms with Crippen LogP contribution in [0, 0.1) is 12.7 Å². The van der Waals surface area contributed by atoms with Crippen LogP contribution in [0.5, 0.6) is 0 Å². The minimum absolute atomic E-state index is 0.0445. The fourth-order valence-corrected chi connectivity index (χ4v) is 7.14. The second-order valence-corrected chi connectivity index (χ2v) is 14.4. The zero-order valence-corrected chi connectivity index (χ0v) is 32.8. The molecule has 284 valence electrons. The Kier molecular flexibility index (Phi) is 11.4. The summed E-state index contributed by atoms with van der Waals surface area (Å²) in [6.45, 7) is 12.6. The number of rotatable bonds is 6. The minimum atomic E-state index is -0.689. The van der Waals surface area contributed by atoms with Gasteiger partial charge in [-0.15, -0.1) is 0 Å². The molecule has 1 fully saturated rings. The summed E-state index contributed by atoms with van der Waals surface area (Å²) in [5, 5.41) is 0.845. The Morgan fingerprint density at radius 3 is 2.42 bits per heavy atom. The highest BCUT2D eigenvalue weighted by molar-refractivity contribution is 6.42. The average molecular weight is 828 g/mol. The van der Waals surface area contributed by atoms with Crippen molar-refractivity contribution in [1.82, 2.24) is 34.4 Å². The number of nitrogens with two attached hydrogens (primary N) is 1. The van der Waals surface area contributed by atoms with Crippen LogP contribution in [0.25, 0.3) is 39.2 Å². The number of carbonyl (C=O) groups excluding carboxylic acids is 2. The third-order valence-corrected chi connectivity index (χ3v) is 10.2. The van der Waals surface area contributed by atoms with Crippen molar-refractivity contribution in [1.29, 1.82) is 0 Å². The van der Waals surface area contributed by atoms with Crippen molar-refractivity contribution in [3.8, 4) is 16.9 Å². The molecule has 1 saturated heterocycles. The van der Waals surface area contributed by atoms with E-state index in [1.165, 1.54) is 29.2 Å². The van der Waals surface area contributed by atoms with Crippen molar-refractivity contribution < 1.29 is 18.4 Å². The highest BCUT2D eigenvalue weighted by Gasteiger charge is 2.31. The number of aryl methyl sites for hydroxylation is 1. The zero-order chi connectivity index (χ0) is 39.9. The Morgan fingerprint density at radius 1 is 1.04 bits per heavy atom. The van der Waals surface area contributed by atoms with Crippen LogP contribution >= 0.6 is 46.4 Å². The quantitative estimate of drug-likeness (QED) is 0.131. The molecule has 13 nitrogen and oxygen atoms in total. The summed E-state index contributed by atoms with van der Waals surface area (Å²) < 4.78 is 21.9. The van der Waals surface area contributed by atoms with Gasteiger partial charge in [-0.1, -0.05) is 79.0 Å². The maximum Gasteiger partial charge on any atom is 0.355 e. The van der Waals surface area contributed by atoms with E-state index in [1.807, 2.05) is 32.6 Å². The van der Waals surface area contributed by atoms with E-state index in [4.69, 9.17) is 66.5 Å². The number of halogens is 5. The van der Waals surface area contributed by atoms with Gasteiger partial charge in [-0.2, -0.15) is 4.98 Å². The molecular formula is C37H32Cl4FN9O4. The van der Waals surface area contributed by atoms with E-state index < -0.39 is 17.4 Å². The first-order valence-corrected chi connectivity index (χ1v) is 18.3. The van der Waals surface area contributed by atoms with E-state index in [0.717, 1.165) is 0 Å². The van der Waals surface area contributed by atoms with Crippen molar-refractivity contribution >= 4 is 86.3 Å². The second-order valence-electron chi connectivity index (χ2n) is 12.8. The van der Waals surface area contributed by atoms with Gasteiger partial charge in [-0.3, -0.25) is 9.59 Å². The summed E-state index contributed by atoms with van der Waals surface area (Å²) in [6.07, 6.45) is 2.60. The molecule has 1 aliphatic heterocycles. The summed E-state index contributed by atoms with van der Waals surface area (Å²) in [4.78, 5) is 62.9. The van der Waals surface area contributed by atoms with Crippen molar-refractivity contribution in [2.75, 3.05) is 24.5 Å². The molecule has 2 N–H and O–H groups in total. The molecule has 18 heteroatoms. The normalized spacial score (nSPS) is 14.3. The van der Waals surface area contributed by atoms with Crippen molar-refractivity contribution in [2.45, 2.75) is 39.7 Å². The number of primary amides is 1. The first-order chi connectivity index (χ1) is 26.1. The molecule has 0 saturated carbocycles. The third kappa shape index (κ3) is 7.59. The summed E-state index contributed by atoms with van der Waals surface area (Å²) in [5.74, 6) is -1.08. The van der Waals surface area contributed by atoms with E-state index in [1.54, 1.807) is 29.2 Å². The second kappa shape index (κ2) is 15.9. The maximum atomic E-state index is 15.0. The number of piperazine rings is 1. The highest BCUT2D eigenvalue weighted by Crippen LogP contribution is 2.37. The Morgan fingerprint density at radius 2 is 1.76 bits per heavy atom. The number of oxazole rings is 1. The van der Waals surface area contributed by atoms with Crippen LogP contribution in [0.3, 0.4) is 0 Å². The standard InChI is InChI=1S/C31H29ClFN7O3.C6H3Cl3N2O/c1-6-23(41)38-11-12-39(17(4)14-38)28-20-13-21(32)26(19-9-7-8-10-22(19)33)35-29(20)40(31(42)37-28)27-18(5)25-30(43-15-34-25)36-24(27)16(2)3;7-3-1-2(6(10)12)4(8)11-5(3)9/h6-10,13,15-17H,1,11-12,14H2,2-5H3;1H,(H2,10,12)/t17-;/m0./s1. The maximum absolute atomic E-state index is 15.0. The van der Waals surface area contributed by atoms with Crippen molar-refractivity contribution in [3.05, 3.63) is 109 Å². The molecule has 0 radical (unpaired) electrons. The Balaban J connectivity index is 0.000000367. The monoisotopic (exact) mass is 825 g/mol. The number of amides is 2. The molecule has 7 rings (SSSR count). The van der Waals surface area contributed by atoms with Gasteiger partial charge in [0.15, 0.2) is 12.0 Å². The number of carbonyl (C=O) groups is 2. The van der Waals surface area contributed by atoms with Gasteiger partial charge < -0.3 is 20.0 Å². The first-order valence-electron chi connectivity index (χ1n) is 16.7. The molecule has 0 bridgehead atoms. The summed E-state index contributed by atoms with van der Waals surface area (Å²) in [7, 11) is 0. The van der Waals surface area contributed by atoms with Crippen LogP contribution in [-0.4, -0.2) is 71.9 Å². The van der Waals surface area contributed by atoms with Gasteiger partial charge in [0, 0.05) is 36.8 Å². The Labute approximate surface area is 333 Å². The van der Waals surface area contributed by atoms with Crippen LogP contribution in [0.2, 0.25) is 20.4 Å². The molecule has 0 aliphatic carbocycles. The van der Waals surface area contributed by atoms with E-state index in [2.05, 4.69) is 21.5 Å². The van der Waals surface area contributed by atoms with Crippen LogP contribution in [0.1, 0.15) is 48.3 Å². The smallest absolute Gasteiger partial charge is 0.355 e. The van der Waals surface area contributed by atoms with Gasteiger partial charge in [-0.05, 0) is 50.1 Å². The predicted octanol–water partition coefficient (Wildman–Crippen LogP) is 7.57. The lowest BCUT2D eigenvalue weighted by atomic mass is 10.0. The summed E-state index contributed by atoms with van der Waals surface area (Å²) in [5.41, 5.74) is 7.65. The van der Waals surface area contributed by atoms with Gasteiger partial charge in [0.1, 0.15) is 27.5 Å². The number of fused-ring (bicyclic) bond motifs is 2. The lowest BCUT2D eigenvalue weighted by Gasteiger charge is -2.40. The van der Waals surface area contributed by atoms with Gasteiger partial charge in [0.05, 0.1) is 38.1 Å². The number of anilines is 1. The first kappa shape index (κ1) is 39.5. The molecule has 55 heavy (non-hydrogen) atoms. The number of aromatic nitrogens is 6. The summed E-state index contributed by atoms with van der Waals surface area (Å²) >= 11 is 23.4. The largest absolute Gasteiger partial charge is 0.425 e. The van der Waals surface area contributed by atoms with Crippen LogP contribution in [0.4, 0.5) is 10.2 Å². The van der Waals surface area contributed by atoms with Crippen molar-refractivity contribution in [3.63, 3.8) is 0 Å². The average Bonchev–Trinajstić information content (AvgIpc) is 3.63. The lowest BCUT2D eigenvalue weighted by Crippen LogP contribution is -2.54. The number of nitrogens with zero attached hydrogens (tertiary/aromatic N) is 8. The number of pyridine rings is 3. The molecule has 5 aromatic heterocycles. The fourth-order valence-electron chi connectivity index (χ4n) is 6.32. The van der Waals surface area contributed by atoms with Crippen LogP contribution in [-0.2, 0) is 4.79 Å². The molecule has 2 amide bonds. The molecule has 1 atom stereocenters. The van der Waals surface area contributed by atoms with Crippen LogP contribution in [0.15, 0.2) is 64.7 Å². The highest BCUT2D eigenvalue weighted by atomic mass is 35.5. The van der Waals surface area contributed by atoms with E-state index in [-0.39, 0.29) is 60.7 Å². The Bertz CT molecular complexity index is 2580. The molecule has 6 heterocycles. The van der Waals surface area contributed by atoms with Crippen molar-refractivity contribution in [2.24, 2.45) is 5.73 Å². The number of hydrogen-bond donors (Lipinski definition) is 1. The number of benzene rings is 1. The molecule has 1 aromatic carbocycles. The van der Waals surface area contributed by atoms with Gasteiger partial charge in [0.25, 0.3) is 5.91 Å². The third-order valence-electron chi connectivity index (χ3n) is 8.96. The van der Waals surface area contributed by atoms with E-state index in [0.29, 0.717) is 59.0 Å². The van der Waals surface area contributed by atoms with Gasteiger partial charge in [0.2, 0.25) is 11.6 Å². The van der Waals surface area contributed by atoms with E-state index in [9.17, 15) is 14.4 Å². The molecule has 1 aliphatic rings. The Hall–Kier alpha value is -5.15. The summed E-state index contributed by atoms with van der Waals surface area (Å²) in [6, 6.07) is 8.96. The SMILES string of the molecule is C=CC(=O)N1CCN(c2nc(=O)n(-c3c(C(C)C)nc4ocnc4c3C)c3nc(-c4ccccc4F)c(Cl)cc23)[C@@H](C)C1.NC(=O)c1cc(Cl)c(Cl)nc1Cl. The molecule has 6 aromatic rings. The van der Waals surface area contributed by atoms with E-state index >= 15 is 4.39 Å². The molecular weight excluding hydrogens is 795 g/mol. The minimum Gasteiger partial charge on any atom is -0.425 e. The molecule has 0 spiro atoms. The number of hydrogen-bond acceptors (Lipinski definition) is 10. The predicted molar refractivity (Wildman–Crippen MR) is 211 cm³/mol. The zero-order valence-electron chi connectivity index (χ0n) is 29.8. The van der Waals surface area contributed by atoms with Gasteiger partial charge in [-0.25, -0.2) is 33.7 Å².